The fourth-order valence-electron chi connectivity index (χ4n) is 1.59. The zero-order chi connectivity index (χ0) is 14.0. The lowest BCUT2D eigenvalue weighted by molar-refractivity contribution is 0.0982. The van der Waals surface area contributed by atoms with Gasteiger partial charge in [0.2, 0.25) is 0 Å². The lowest BCUT2D eigenvalue weighted by Gasteiger charge is -2.08. The van der Waals surface area contributed by atoms with Crippen LogP contribution in [0.15, 0.2) is 24.4 Å². The van der Waals surface area contributed by atoms with Crippen LogP contribution in [0, 0.1) is 18.3 Å². The van der Waals surface area contributed by atoms with Gasteiger partial charge in [-0.1, -0.05) is 29.3 Å². The van der Waals surface area contributed by atoms with Gasteiger partial charge in [-0.25, -0.2) is 4.98 Å². The number of ketones is 1. The highest BCUT2D eigenvalue weighted by molar-refractivity contribution is 7.13. The van der Waals surface area contributed by atoms with Gasteiger partial charge in [0.05, 0.1) is 26.0 Å². The Kier molecular flexibility index (Phi) is 4.20. The van der Waals surface area contributed by atoms with E-state index in [0.717, 1.165) is 5.01 Å². The van der Waals surface area contributed by atoms with Crippen LogP contribution in [0.1, 0.15) is 26.2 Å². The molecule has 0 saturated carbocycles. The van der Waals surface area contributed by atoms with Gasteiger partial charge < -0.3 is 0 Å². The number of aryl methyl sites for hydroxylation is 1. The summed E-state index contributed by atoms with van der Waals surface area (Å²) >= 11 is 13.0. The molecule has 0 aliphatic carbocycles. The molecule has 2 aromatic rings. The number of benzene rings is 1. The van der Waals surface area contributed by atoms with Crippen LogP contribution < -0.4 is 0 Å². The molecule has 0 amide bonds. The van der Waals surface area contributed by atoms with E-state index in [2.05, 4.69) is 4.98 Å². The van der Waals surface area contributed by atoms with E-state index in [1.807, 2.05) is 13.0 Å². The number of hydrogen-bond donors (Lipinski definition) is 0. The number of nitrogens with zero attached hydrogens (tertiary/aromatic N) is 2. The van der Waals surface area contributed by atoms with Gasteiger partial charge in [0.25, 0.3) is 0 Å². The molecule has 0 bridgehead atoms. The van der Waals surface area contributed by atoms with Crippen LogP contribution in [-0.2, 0) is 0 Å². The zero-order valence-electron chi connectivity index (χ0n) is 9.85. The number of Topliss-reactive ketones (excluding diaryl/α,β-unsaturated/α-hetero) is 1. The Morgan fingerprint density at radius 2 is 2.16 bits per heavy atom. The summed E-state index contributed by atoms with van der Waals surface area (Å²) in [5.41, 5.74) is 0.535. The molecular weight excluding hydrogens is 303 g/mol. The van der Waals surface area contributed by atoms with Crippen LogP contribution in [0.3, 0.4) is 0 Å². The monoisotopic (exact) mass is 310 g/mol. The average molecular weight is 311 g/mol. The quantitative estimate of drug-likeness (QED) is 0.796. The Bertz CT molecular complexity index is 676. The van der Waals surface area contributed by atoms with E-state index in [4.69, 9.17) is 23.2 Å². The van der Waals surface area contributed by atoms with Gasteiger partial charge in [-0.2, -0.15) is 5.26 Å². The van der Waals surface area contributed by atoms with Crippen molar-refractivity contribution in [1.29, 1.82) is 5.26 Å². The molecule has 6 heteroatoms. The molecule has 1 unspecified atom stereocenters. The molecular formula is C13H8Cl2N2OS. The van der Waals surface area contributed by atoms with Crippen molar-refractivity contribution < 1.29 is 4.79 Å². The van der Waals surface area contributed by atoms with Crippen molar-refractivity contribution in [3.8, 4) is 6.07 Å². The minimum Gasteiger partial charge on any atom is -0.291 e. The Morgan fingerprint density at radius 3 is 2.68 bits per heavy atom. The van der Waals surface area contributed by atoms with Crippen LogP contribution in [0.4, 0.5) is 0 Å². The summed E-state index contributed by atoms with van der Waals surface area (Å²) in [6.07, 6.45) is 1.49. The molecule has 3 nitrogen and oxygen atoms in total. The minimum absolute atomic E-state index is 0.272. The first-order valence-electron chi connectivity index (χ1n) is 5.34. The Labute approximate surface area is 124 Å². The van der Waals surface area contributed by atoms with E-state index < -0.39 is 5.92 Å². The number of thiazole rings is 1. The van der Waals surface area contributed by atoms with Gasteiger partial charge in [-0.15, -0.1) is 11.3 Å². The van der Waals surface area contributed by atoms with Crippen LogP contribution in [0.25, 0.3) is 0 Å². The first-order chi connectivity index (χ1) is 9.02. The lowest BCUT2D eigenvalue weighted by atomic mass is 9.95. The fourth-order valence-corrected chi connectivity index (χ4v) is 2.65. The minimum atomic E-state index is -0.894. The maximum atomic E-state index is 12.3. The second kappa shape index (κ2) is 5.70. The molecule has 0 aliphatic rings. The predicted molar refractivity (Wildman–Crippen MR) is 76.0 cm³/mol. The van der Waals surface area contributed by atoms with E-state index in [1.165, 1.54) is 17.5 Å². The maximum absolute atomic E-state index is 12.3. The molecule has 96 valence electrons. The number of rotatable bonds is 3. The summed E-state index contributed by atoms with van der Waals surface area (Å²) in [6.45, 7) is 1.81. The van der Waals surface area contributed by atoms with Crippen LogP contribution in [0.2, 0.25) is 10.0 Å². The van der Waals surface area contributed by atoms with Gasteiger partial charge in [-0.05, 0) is 24.6 Å². The molecule has 1 aromatic carbocycles. The highest BCUT2D eigenvalue weighted by Crippen LogP contribution is 2.29. The molecule has 2 rings (SSSR count). The standard InChI is InChI=1S/C13H8Cl2N2OS/c1-7-17-6-12(19-7)13(18)9(5-16)8-2-3-10(14)11(15)4-8/h2-4,6,9H,1H3. The van der Waals surface area contributed by atoms with Crippen molar-refractivity contribution in [2.45, 2.75) is 12.8 Å². The van der Waals surface area contributed by atoms with Crippen molar-refractivity contribution in [3.05, 3.63) is 49.9 Å². The largest absolute Gasteiger partial charge is 0.291 e. The average Bonchev–Trinajstić information content (AvgIpc) is 2.81. The van der Waals surface area contributed by atoms with E-state index in [0.29, 0.717) is 20.5 Å². The number of carbonyl (C=O) groups excluding carboxylic acids is 1. The first-order valence-corrected chi connectivity index (χ1v) is 6.91. The predicted octanol–water partition coefficient (Wildman–Crippen LogP) is 4.25. The summed E-state index contributed by atoms with van der Waals surface area (Å²) in [5, 5.41) is 10.7. The zero-order valence-corrected chi connectivity index (χ0v) is 12.2. The summed E-state index contributed by atoms with van der Waals surface area (Å²) in [6, 6.07) is 6.76. The molecule has 0 fully saturated rings. The van der Waals surface area contributed by atoms with E-state index >= 15 is 0 Å². The van der Waals surface area contributed by atoms with Crippen molar-refractivity contribution in [2.75, 3.05) is 0 Å². The third-order valence-corrected chi connectivity index (χ3v) is 4.20. The molecule has 1 heterocycles. The molecule has 0 N–H and O–H groups in total. The summed E-state index contributed by atoms with van der Waals surface area (Å²) in [7, 11) is 0. The SMILES string of the molecule is Cc1ncc(C(=O)C(C#N)c2ccc(Cl)c(Cl)c2)s1. The smallest absolute Gasteiger partial charge is 0.195 e. The van der Waals surface area contributed by atoms with E-state index in [-0.39, 0.29) is 5.78 Å². The second-order valence-electron chi connectivity index (χ2n) is 3.84. The molecule has 19 heavy (non-hydrogen) atoms. The Hall–Kier alpha value is -1.41. The van der Waals surface area contributed by atoms with Crippen molar-refractivity contribution >= 4 is 40.3 Å². The highest BCUT2D eigenvalue weighted by atomic mass is 35.5. The third-order valence-electron chi connectivity index (χ3n) is 2.53. The van der Waals surface area contributed by atoms with E-state index in [9.17, 15) is 10.1 Å². The Morgan fingerprint density at radius 1 is 1.42 bits per heavy atom. The van der Waals surface area contributed by atoms with Crippen LogP contribution in [0.5, 0.6) is 0 Å². The fraction of sp³-hybridized carbons (Fsp3) is 0.154. The topological polar surface area (TPSA) is 53.8 Å². The lowest BCUT2D eigenvalue weighted by Crippen LogP contribution is -2.09. The van der Waals surface area contributed by atoms with Crippen LogP contribution >= 0.6 is 34.5 Å². The molecule has 0 aliphatic heterocycles. The number of nitriles is 1. The molecule has 1 aromatic heterocycles. The van der Waals surface area contributed by atoms with Crippen LogP contribution in [-0.4, -0.2) is 10.8 Å². The molecule has 1 atom stereocenters. The van der Waals surface area contributed by atoms with Crippen molar-refractivity contribution in [1.82, 2.24) is 4.98 Å². The van der Waals surface area contributed by atoms with E-state index in [1.54, 1.807) is 18.2 Å². The van der Waals surface area contributed by atoms with Gasteiger partial charge >= 0.3 is 0 Å². The summed E-state index contributed by atoms with van der Waals surface area (Å²) in [4.78, 5) is 16.7. The third kappa shape index (κ3) is 2.95. The number of halogens is 2. The van der Waals surface area contributed by atoms with Gasteiger partial charge in [-0.3, -0.25) is 4.79 Å². The summed E-state index contributed by atoms with van der Waals surface area (Å²) < 4.78 is 0. The maximum Gasteiger partial charge on any atom is 0.195 e. The second-order valence-corrected chi connectivity index (χ2v) is 5.89. The Balaban J connectivity index is 2.37. The first kappa shape index (κ1) is 14.0. The number of carbonyl (C=O) groups is 1. The summed E-state index contributed by atoms with van der Waals surface area (Å²) in [5.74, 6) is -1.17. The number of hydrogen-bond acceptors (Lipinski definition) is 4. The normalized spacial score (nSPS) is 11.9. The van der Waals surface area contributed by atoms with Crippen molar-refractivity contribution in [3.63, 3.8) is 0 Å². The number of aromatic nitrogens is 1. The highest BCUT2D eigenvalue weighted by Gasteiger charge is 2.24. The molecule has 0 saturated heterocycles. The molecule has 0 spiro atoms. The van der Waals surface area contributed by atoms with Gasteiger partial charge in [0.1, 0.15) is 5.92 Å². The molecule has 0 radical (unpaired) electrons. The van der Waals surface area contributed by atoms with Crippen molar-refractivity contribution in [2.24, 2.45) is 0 Å². The van der Waals surface area contributed by atoms with Gasteiger partial charge in [0.15, 0.2) is 5.78 Å². The van der Waals surface area contributed by atoms with Gasteiger partial charge in [0, 0.05) is 6.20 Å².